The van der Waals surface area contributed by atoms with Crippen molar-refractivity contribution in [1.29, 1.82) is 5.26 Å². The van der Waals surface area contributed by atoms with Crippen LogP contribution in [0.2, 0.25) is 0 Å². The number of nitrogens with zero attached hydrogens (tertiary/aromatic N) is 2. The zero-order valence-corrected chi connectivity index (χ0v) is 17.4. The van der Waals surface area contributed by atoms with Crippen LogP contribution in [0.1, 0.15) is 28.3 Å². The average Bonchev–Trinajstić information content (AvgIpc) is 3.28. The van der Waals surface area contributed by atoms with Crippen LogP contribution in [0.15, 0.2) is 78.2 Å². The normalized spacial score (nSPS) is 11.6. The second-order valence-electron chi connectivity index (χ2n) is 7.07. The highest BCUT2D eigenvalue weighted by molar-refractivity contribution is 7.13. The Balaban J connectivity index is 1.62. The lowest BCUT2D eigenvalue weighted by molar-refractivity contribution is 0.475. The standard InChI is InChI=1S/C25H21N3OS/c1-27-25-28-24(16-30-25)23(20-9-11-22(29)12-10-20)14-17-5-7-19(8-6-17)21-4-2-3-18(13-21)15-26/h2-13,16,23,29H,14H2,1H3,(H,27,28)/t23-/m0/s1. The van der Waals surface area contributed by atoms with Gasteiger partial charge in [-0.1, -0.05) is 48.5 Å². The second kappa shape index (κ2) is 8.81. The molecule has 0 aliphatic carbocycles. The Morgan fingerprint density at radius 3 is 2.47 bits per heavy atom. The highest BCUT2D eigenvalue weighted by Crippen LogP contribution is 2.32. The van der Waals surface area contributed by atoms with Crippen molar-refractivity contribution in [2.24, 2.45) is 0 Å². The predicted octanol–water partition coefficient (Wildman–Crippen LogP) is 5.80. The zero-order chi connectivity index (χ0) is 20.9. The van der Waals surface area contributed by atoms with E-state index in [4.69, 9.17) is 10.2 Å². The van der Waals surface area contributed by atoms with Gasteiger partial charge in [-0.05, 0) is 52.9 Å². The largest absolute Gasteiger partial charge is 0.508 e. The molecule has 1 heterocycles. The molecule has 3 aromatic carbocycles. The number of rotatable bonds is 6. The number of nitriles is 1. The maximum absolute atomic E-state index is 9.67. The highest BCUT2D eigenvalue weighted by Gasteiger charge is 2.18. The topological polar surface area (TPSA) is 68.9 Å². The monoisotopic (exact) mass is 411 g/mol. The van der Waals surface area contributed by atoms with Gasteiger partial charge in [0.15, 0.2) is 5.13 Å². The number of aromatic nitrogens is 1. The Morgan fingerprint density at radius 1 is 1.03 bits per heavy atom. The van der Waals surface area contributed by atoms with Crippen LogP contribution >= 0.6 is 11.3 Å². The Hall–Kier alpha value is -3.62. The summed E-state index contributed by atoms with van der Waals surface area (Å²) < 4.78 is 0. The second-order valence-corrected chi connectivity index (χ2v) is 7.92. The van der Waals surface area contributed by atoms with E-state index in [-0.39, 0.29) is 11.7 Å². The molecule has 0 aliphatic rings. The number of hydrogen-bond donors (Lipinski definition) is 2. The van der Waals surface area contributed by atoms with Crippen LogP contribution in [0.3, 0.4) is 0 Å². The third-order valence-electron chi connectivity index (χ3n) is 5.11. The number of aromatic hydroxyl groups is 1. The number of phenolic OH excluding ortho intramolecular Hbond substituents is 1. The maximum Gasteiger partial charge on any atom is 0.182 e. The molecule has 0 fully saturated rings. The van der Waals surface area contributed by atoms with E-state index in [9.17, 15) is 5.11 Å². The molecule has 4 aromatic rings. The minimum atomic E-state index is 0.0942. The third-order valence-corrected chi connectivity index (χ3v) is 5.99. The molecule has 0 radical (unpaired) electrons. The van der Waals surface area contributed by atoms with E-state index >= 15 is 0 Å². The first kappa shape index (κ1) is 19.7. The average molecular weight is 412 g/mol. The van der Waals surface area contributed by atoms with Crippen LogP contribution < -0.4 is 5.32 Å². The van der Waals surface area contributed by atoms with E-state index < -0.39 is 0 Å². The summed E-state index contributed by atoms with van der Waals surface area (Å²) in [5.74, 6) is 0.354. The molecule has 0 amide bonds. The minimum Gasteiger partial charge on any atom is -0.508 e. The smallest absolute Gasteiger partial charge is 0.182 e. The molecule has 0 unspecified atom stereocenters. The summed E-state index contributed by atoms with van der Waals surface area (Å²) in [5, 5.41) is 24.9. The summed E-state index contributed by atoms with van der Waals surface area (Å²) >= 11 is 1.59. The number of anilines is 1. The Kier molecular flexibility index (Phi) is 5.78. The first-order chi connectivity index (χ1) is 14.7. The van der Waals surface area contributed by atoms with E-state index in [1.54, 1.807) is 23.5 Å². The Bertz CT molecular complexity index is 1170. The summed E-state index contributed by atoms with van der Waals surface area (Å²) in [5.41, 5.74) is 6.12. The molecular weight excluding hydrogens is 390 g/mol. The van der Waals surface area contributed by atoms with Crippen molar-refractivity contribution >= 4 is 16.5 Å². The molecule has 0 spiro atoms. The molecule has 1 atom stereocenters. The van der Waals surface area contributed by atoms with Gasteiger partial charge in [-0.25, -0.2) is 4.98 Å². The fourth-order valence-electron chi connectivity index (χ4n) is 3.50. The van der Waals surface area contributed by atoms with Crippen LogP contribution in [0.5, 0.6) is 5.75 Å². The summed E-state index contributed by atoms with van der Waals surface area (Å²) in [6.07, 6.45) is 0.802. The van der Waals surface area contributed by atoms with Crippen LogP contribution in [-0.2, 0) is 6.42 Å². The van der Waals surface area contributed by atoms with Crippen LogP contribution in [-0.4, -0.2) is 17.1 Å². The lowest BCUT2D eigenvalue weighted by Crippen LogP contribution is -2.06. The summed E-state index contributed by atoms with van der Waals surface area (Å²) in [6, 6.07) is 25.7. The number of benzene rings is 3. The van der Waals surface area contributed by atoms with Gasteiger partial charge in [0.25, 0.3) is 0 Å². The first-order valence-electron chi connectivity index (χ1n) is 9.68. The molecule has 0 saturated carbocycles. The quantitative estimate of drug-likeness (QED) is 0.420. The molecule has 1 aromatic heterocycles. The first-order valence-corrected chi connectivity index (χ1v) is 10.6. The van der Waals surface area contributed by atoms with Crippen molar-refractivity contribution in [1.82, 2.24) is 4.98 Å². The van der Waals surface area contributed by atoms with Crippen LogP contribution in [0.4, 0.5) is 5.13 Å². The van der Waals surface area contributed by atoms with Gasteiger partial charge >= 0.3 is 0 Å². The zero-order valence-electron chi connectivity index (χ0n) is 16.5. The van der Waals surface area contributed by atoms with Gasteiger partial charge in [-0.15, -0.1) is 11.3 Å². The molecule has 0 aliphatic heterocycles. The van der Waals surface area contributed by atoms with Crippen molar-refractivity contribution in [2.75, 3.05) is 12.4 Å². The summed E-state index contributed by atoms with van der Waals surface area (Å²) in [4.78, 5) is 4.72. The van der Waals surface area contributed by atoms with Gasteiger partial charge in [0.2, 0.25) is 0 Å². The summed E-state index contributed by atoms with van der Waals surface area (Å²) in [6.45, 7) is 0. The molecule has 4 nitrogen and oxygen atoms in total. The van der Waals surface area contributed by atoms with E-state index in [1.807, 2.05) is 43.4 Å². The van der Waals surface area contributed by atoms with Crippen molar-refractivity contribution in [3.63, 3.8) is 0 Å². The van der Waals surface area contributed by atoms with E-state index in [2.05, 4.69) is 41.0 Å². The number of thiazole rings is 1. The predicted molar refractivity (Wildman–Crippen MR) is 122 cm³/mol. The number of nitrogens with one attached hydrogen (secondary N) is 1. The Labute approximate surface area is 180 Å². The van der Waals surface area contributed by atoms with Gasteiger partial charge in [-0.3, -0.25) is 0 Å². The van der Waals surface area contributed by atoms with Gasteiger partial charge < -0.3 is 10.4 Å². The Morgan fingerprint density at radius 2 is 1.80 bits per heavy atom. The third kappa shape index (κ3) is 4.35. The van der Waals surface area contributed by atoms with Gasteiger partial charge in [0.1, 0.15) is 5.75 Å². The maximum atomic E-state index is 9.67. The number of hydrogen-bond acceptors (Lipinski definition) is 5. The van der Waals surface area contributed by atoms with Gasteiger partial charge in [-0.2, -0.15) is 5.26 Å². The van der Waals surface area contributed by atoms with Crippen molar-refractivity contribution in [3.05, 3.63) is 101 Å². The van der Waals surface area contributed by atoms with Crippen molar-refractivity contribution in [3.8, 4) is 22.9 Å². The molecule has 30 heavy (non-hydrogen) atoms. The number of phenols is 1. The summed E-state index contributed by atoms with van der Waals surface area (Å²) in [7, 11) is 1.87. The van der Waals surface area contributed by atoms with Crippen molar-refractivity contribution < 1.29 is 5.11 Å². The lowest BCUT2D eigenvalue weighted by atomic mass is 9.89. The fourth-order valence-corrected chi connectivity index (χ4v) is 4.22. The van der Waals surface area contributed by atoms with Gasteiger partial charge in [0, 0.05) is 18.3 Å². The van der Waals surface area contributed by atoms with E-state index in [1.165, 1.54) is 5.56 Å². The SMILES string of the molecule is CNc1nc([C@@H](Cc2ccc(-c3cccc(C#N)c3)cc2)c2ccc(O)cc2)cs1. The molecule has 0 bridgehead atoms. The van der Waals surface area contributed by atoms with Crippen LogP contribution in [0, 0.1) is 11.3 Å². The molecular formula is C25H21N3OS. The molecule has 0 saturated heterocycles. The fraction of sp³-hybridized carbons (Fsp3) is 0.120. The lowest BCUT2D eigenvalue weighted by Gasteiger charge is -2.16. The molecule has 2 N–H and O–H groups in total. The molecule has 148 valence electrons. The minimum absolute atomic E-state index is 0.0942. The van der Waals surface area contributed by atoms with Crippen molar-refractivity contribution in [2.45, 2.75) is 12.3 Å². The molecule has 4 rings (SSSR count). The molecule has 5 heteroatoms. The van der Waals surface area contributed by atoms with Crippen LogP contribution in [0.25, 0.3) is 11.1 Å². The van der Waals surface area contributed by atoms with Gasteiger partial charge in [0.05, 0.1) is 17.3 Å². The highest BCUT2D eigenvalue weighted by atomic mass is 32.1. The van der Waals surface area contributed by atoms with E-state index in [0.29, 0.717) is 5.56 Å². The van der Waals surface area contributed by atoms with E-state index in [0.717, 1.165) is 33.9 Å².